The fourth-order valence-electron chi connectivity index (χ4n) is 2.47. The third-order valence-electron chi connectivity index (χ3n) is 3.45. The first-order valence-corrected chi connectivity index (χ1v) is 8.37. The highest BCUT2D eigenvalue weighted by Crippen LogP contribution is 2.33. The van der Waals surface area contributed by atoms with E-state index in [4.69, 9.17) is 0 Å². The van der Waals surface area contributed by atoms with E-state index < -0.39 is 32.1 Å². The maximum Gasteiger partial charge on any atom is 0.245 e. The first-order chi connectivity index (χ1) is 9.30. The quantitative estimate of drug-likeness (QED) is 0.855. The molecule has 2 rings (SSSR count). The van der Waals surface area contributed by atoms with E-state index in [1.165, 1.54) is 0 Å². The van der Waals surface area contributed by atoms with Crippen molar-refractivity contribution < 1.29 is 22.3 Å². The van der Waals surface area contributed by atoms with Gasteiger partial charge in [-0.05, 0) is 34.8 Å². The molecule has 20 heavy (non-hydrogen) atoms. The topological polar surface area (TPSA) is 66.4 Å². The van der Waals surface area contributed by atoms with Crippen LogP contribution in [0.15, 0.2) is 21.5 Å². The summed E-state index contributed by atoms with van der Waals surface area (Å²) in [7, 11) is -4.19. The second-order valence-electron chi connectivity index (χ2n) is 4.95. The maximum atomic E-state index is 13.8. The Hall–Kier alpha value is -0.570. The Morgan fingerprint density at radius 1 is 1.30 bits per heavy atom. The van der Waals surface area contributed by atoms with Gasteiger partial charge in [0, 0.05) is 10.5 Å². The summed E-state index contributed by atoms with van der Waals surface area (Å²) in [5.74, 6) is -2.04. The molecule has 0 radical (unpaired) electrons. The molecule has 112 valence electrons. The molecule has 1 saturated carbocycles. The molecule has 0 aromatic heterocycles. The third kappa shape index (κ3) is 3.03. The van der Waals surface area contributed by atoms with Crippen molar-refractivity contribution >= 4 is 26.0 Å². The number of rotatable bonds is 4. The molecule has 0 heterocycles. The van der Waals surface area contributed by atoms with Crippen LogP contribution in [0.2, 0.25) is 0 Å². The zero-order chi connectivity index (χ0) is 15.0. The SMILES string of the molecule is O=S(=O)(NC1(CO)CCCC1)c1c(F)cc(F)cc1Br. The minimum absolute atomic E-state index is 0.186. The Morgan fingerprint density at radius 3 is 2.40 bits per heavy atom. The number of aliphatic hydroxyl groups excluding tert-OH is 1. The van der Waals surface area contributed by atoms with Gasteiger partial charge in [0.15, 0.2) is 0 Å². The number of aliphatic hydroxyl groups is 1. The summed E-state index contributed by atoms with van der Waals surface area (Å²) in [4.78, 5) is -0.640. The van der Waals surface area contributed by atoms with E-state index in [1.807, 2.05) is 0 Å². The molecule has 1 aromatic rings. The van der Waals surface area contributed by atoms with Gasteiger partial charge in [-0.25, -0.2) is 21.9 Å². The summed E-state index contributed by atoms with van der Waals surface area (Å²) in [5.41, 5.74) is -0.959. The van der Waals surface area contributed by atoms with Crippen LogP contribution in [0.5, 0.6) is 0 Å². The minimum atomic E-state index is -4.19. The smallest absolute Gasteiger partial charge is 0.245 e. The van der Waals surface area contributed by atoms with Crippen LogP contribution in [0.4, 0.5) is 8.78 Å². The zero-order valence-electron chi connectivity index (χ0n) is 10.5. The highest BCUT2D eigenvalue weighted by Gasteiger charge is 2.39. The molecule has 1 aliphatic carbocycles. The molecule has 0 aliphatic heterocycles. The molecule has 0 amide bonds. The number of benzene rings is 1. The van der Waals surface area contributed by atoms with Gasteiger partial charge >= 0.3 is 0 Å². The Kier molecular flexibility index (Phi) is 4.48. The van der Waals surface area contributed by atoms with Crippen LogP contribution in [0, 0.1) is 11.6 Å². The van der Waals surface area contributed by atoms with Crippen molar-refractivity contribution in [3.05, 3.63) is 28.2 Å². The van der Waals surface area contributed by atoms with Gasteiger partial charge in [-0.15, -0.1) is 0 Å². The second-order valence-corrected chi connectivity index (χ2v) is 7.42. The van der Waals surface area contributed by atoms with Gasteiger partial charge in [-0.2, -0.15) is 0 Å². The first-order valence-electron chi connectivity index (χ1n) is 6.09. The molecule has 2 N–H and O–H groups in total. The lowest BCUT2D eigenvalue weighted by atomic mass is 10.0. The molecule has 1 aliphatic rings. The standard InChI is InChI=1S/C12H14BrF2NO3S/c13-9-5-8(14)6-10(15)11(9)20(18,19)16-12(7-17)3-1-2-4-12/h5-6,16-17H,1-4,7H2. The molecule has 4 nitrogen and oxygen atoms in total. The third-order valence-corrected chi connectivity index (χ3v) is 5.99. The zero-order valence-corrected chi connectivity index (χ0v) is 12.9. The average molecular weight is 370 g/mol. The number of nitrogens with one attached hydrogen (secondary N) is 1. The van der Waals surface area contributed by atoms with Gasteiger partial charge in [-0.3, -0.25) is 0 Å². The lowest BCUT2D eigenvalue weighted by molar-refractivity contribution is 0.185. The summed E-state index contributed by atoms with van der Waals surface area (Å²) in [6.45, 7) is -0.355. The van der Waals surface area contributed by atoms with Crippen LogP contribution >= 0.6 is 15.9 Å². The Balaban J connectivity index is 2.41. The summed E-state index contributed by atoms with van der Waals surface area (Å²) >= 11 is 2.86. The van der Waals surface area contributed by atoms with Crippen LogP contribution in [-0.4, -0.2) is 25.7 Å². The van der Waals surface area contributed by atoms with Crippen molar-refractivity contribution in [2.75, 3.05) is 6.61 Å². The summed E-state index contributed by atoms with van der Waals surface area (Å²) in [6, 6.07) is 1.40. The Labute approximate surface area is 124 Å². The van der Waals surface area contributed by atoms with Crippen molar-refractivity contribution in [1.29, 1.82) is 0 Å². The van der Waals surface area contributed by atoms with Gasteiger partial charge in [0.2, 0.25) is 10.0 Å². The van der Waals surface area contributed by atoms with Crippen molar-refractivity contribution in [2.45, 2.75) is 36.1 Å². The lowest BCUT2D eigenvalue weighted by Gasteiger charge is -2.27. The molecule has 0 spiro atoms. The van der Waals surface area contributed by atoms with Crippen LogP contribution in [0.1, 0.15) is 25.7 Å². The number of halogens is 3. The van der Waals surface area contributed by atoms with E-state index in [1.54, 1.807) is 0 Å². The summed E-state index contributed by atoms with van der Waals surface area (Å²) < 4.78 is 53.5. The van der Waals surface area contributed by atoms with Crippen molar-refractivity contribution in [3.63, 3.8) is 0 Å². The monoisotopic (exact) mass is 369 g/mol. The molecule has 0 bridgehead atoms. The molecule has 8 heteroatoms. The maximum absolute atomic E-state index is 13.8. The van der Waals surface area contributed by atoms with Gasteiger partial charge in [0.25, 0.3) is 0 Å². The Morgan fingerprint density at radius 2 is 1.90 bits per heavy atom. The minimum Gasteiger partial charge on any atom is -0.394 e. The molecule has 0 atom stereocenters. The highest BCUT2D eigenvalue weighted by molar-refractivity contribution is 9.10. The van der Waals surface area contributed by atoms with Gasteiger partial charge < -0.3 is 5.11 Å². The predicted octanol–water partition coefficient (Wildman–Crippen LogP) is 2.31. The van der Waals surface area contributed by atoms with Crippen LogP contribution in [-0.2, 0) is 10.0 Å². The van der Waals surface area contributed by atoms with Crippen molar-refractivity contribution in [2.24, 2.45) is 0 Å². The lowest BCUT2D eigenvalue weighted by Crippen LogP contribution is -2.49. The van der Waals surface area contributed by atoms with Gasteiger partial charge in [0.1, 0.15) is 16.5 Å². The molecule has 0 saturated heterocycles. The Bertz CT molecular complexity index is 592. The van der Waals surface area contributed by atoms with Crippen LogP contribution < -0.4 is 4.72 Å². The van der Waals surface area contributed by atoms with Crippen LogP contribution in [0.3, 0.4) is 0 Å². The number of hydrogen-bond acceptors (Lipinski definition) is 3. The van der Waals surface area contributed by atoms with Crippen molar-refractivity contribution in [3.8, 4) is 0 Å². The van der Waals surface area contributed by atoms with E-state index >= 15 is 0 Å². The fourth-order valence-corrected chi connectivity index (χ4v) is 5.09. The molecular weight excluding hydrogens is 356 g/mol. The second kappa shape index (κ2) is 5.67. The van der Waals surface area contributed by atoms with E-state index in [0.29, 0.717) is 18.9 Å². The highest BCUT2D eigenvalue weighted by atomic mass is 79.9. The molecular formula is C12H14BrF2NO3S. The summed E-state index contributed by atoms with van der Waals surface area (Å²) in [6.07, 6.45) is 2.55. The van der Waals surface area contributed by atoms with Crippen LogP contribution in [0.25, 0.3) is 0 Å². The van der Waals surface area contributed by atoms with E-state index in [2.05, 4.69) is 20.7 Å². The van der Waals surface area contributed by atoms with Crippen molar-refractivity contribution in [1.82, 2.24) is 4.72 Å². The fraction of sp³-hybridized carbons (Fsp3) is 0.500. The van der Waals surface area contributed by atoms with Gasteiger partial charge in [0.05, 0.1) is 12.1 Å². The predicted molar refractivity (Wildman–Crippen MR) is 72.7 cm³/mol. The van der Waals surface area contributed by atoms with E-state index in [9.17, 15) is 22.3 Å². The number of sulfonamides is 1. The molecule has 1 fully saturated rings. The normalized spacial score (nSPS) is 18.4. The average Bonchev–Trinajstić information content (AvgIpc) is 2.75. The van der Waals surface area contributed by atoms with Gasteiger partial charge in [-0.1, -0.05) is 12.8 Å². The van der Waals surface area contributed by atoms with E-state index in [-0.39, 0.29) is 11.1 Å². The van der Waals surface area contributed by atoms with E-state index in [0.717, 1.165) is 18.9 Å². The first kappa shape index (κ1) is 15.8. The number of hydrogen-bond donors (Lipinski definition) is 2. The summed E-state index contributed by atoms with van der Waals surface area (Å²) in [5, 5.41) is 9.42. The molecule has 1 aromatic carbocycles. The largest absolute Gasteiger partial charge is 0.394 e. The molecule has 0 unspecified atom stereocenters.